The zero-order valence-electron chi connectivity index (χ0n) is 10.3. The first-order valence-corrected chi connectivity index (χ1v) is 7.16. The number of hydrogen-bond donors (Lipinski definition) is 0. The van der Waals surface area contributed by atoms with Crippen molar-refractivity contribution in [1.82, 2.24) is 14.7 Å². The van der Waals surface area contributed by atoms with Crippen LogP contribution in [0.25, 0.3) is 0 Å². The van der Waals surface area contributed by atoms with Crippen LogP contribution in [-0.2, 0) is 13.5 Å². The molecule has 0 radical (unpaired) electrons. The lowest BCUT2D eigenvalue weighted by Gasteiger charge is -2.15. The summed E-state index contributed by atoms with van der Waals surface area (Å²) in [5.41, 5.74) is 1.68. The Labute approximate surface area is 110 Å². The van der Waals surface area contributed by atoms with Gasteiger partial charge in [0.25, 0.3) is 5.91 Å². The Morgan fingerprint density at radius 1 is 1.65 bits per heavy atom. The average Bonchev–Trinajstić information content (AvgIpc) is 2.94. The molecule has 1 unspecified atom stereocenters. The summed E-state index contributed by atoms with van der Waals surface area (Å²) in [6, 6.07) is 1.91. The van der Waals surface area contributed by atoms with Gasteiger partial charge in [-0.3, -0.25) is 9.48 Å². The molecule has 0 saturated carbocycles. The van der Waals surface area contributed by atoms with Gasteiger partial charge in [-0.25, -0.2) is 0 Å². The van der Waals surface area contributed by atoms with Crippen molar-refractivity contribution in [3.8, 4) is 0 Å². The van der Waals surface area contributed by atoms with E-state index in [1.54, 1.807) is 4.68 Å². The van der Waals surface area contributed by atoms with Crippen LogP contribution < -0.4 is 0 Å². The molecule has 0 aliphatic carbocycles. The fourth-order valence-electron chi connectivity index (χ4n) is 2.20. The van der Waals surface area contributed by atoms with Crippen LogP contribution in [0.1, 0.15) is 29.5 Å². The van der Waals surface area contributed by atoms with E-state index in [2.05, 4.69) is 21.0 Å². The van der Waals surface area contributed by atoms with Crippen molar-refractivity contribution in [3.63, 3.8) is 0 Å². The van der Waals surface area contributed by atoms with E-state index in [4.69, 9.17) is 0 Å². The van der Waals surface area contributed by atoms with Gasteiger partial charge >= 0.3 is 0 Å². The third-order valence-electron chi connectivity index (χ3n) is 3.30. The second-order valence-electron chi connectivity index (χ2n) is 4.56. The minimum atomic E-state index is 0.114. The predicted octanol–water partition coefficient (Wildman–Crippen LogP) is 1.84. The Bertz CT molecular complexity index is 416. The first-order valence-electron chi connectivity index (χ1n) is 6.03. The number of halogens is 1. The van der Waals surface area contributed by atoms with Crippen molar-refractivity contribution < 1.29 is 4.79 Å². The highest BCUT2D eigenvalue weighted by Gasteiger charge is 2.27. The molecule has 0 bridgehead atoms. The zero-order valence-corrected chi connectivity index (χ0v) is 11.9. The maximum Gasteiger partial charge on any atom is 0.272 e. The predicted molar refractivity (Wildman–Crippen MR) is 70.4 cm³/mol. The van der Waals surface area contributed by atoms with Crippen molar-refractivity contribution in [3.05, 3.63) is 17.5 Å². The molecule has 4 nitrogen and oxygen atoms in total. The van der Waals surface area contributed by atoms with Crippen molar-refractivity contribution in [2.75, 3.05) is 18.4 Å². The Balaban J connectivity index is 2.11. The lowest BCUT2D eigenvalue weighted by Crippen LogP contribution is -2.30. The first-order chi connectivity index (χ1) is 8.15. The molecule has 1 aliphatic heterocycles. The van der Waals surface area contributed by atoms with Gasteiger partial charge < -0.3 is 4.90 Å². The third-order valence-corrected chi connectivity index (χ3v) is 4.22. The molecule has 2 rings (SSSR count). The number of nitrogens with zero attached hydrogens (tertiary/aromatic N) is 3. The third kappa shape index (κ3) is 2.54. The molecule has 1 amide bonds. The van der Waals surface area contributed by atoms with Gasteiger partial charge in [-0.15, -0.1) is 0 Å². The minimum Gasteiger partial charge on any atom is -0.337 e. The molecule has 1 fully saturated rings. The van der Waals surface area contributed by atoms with Gasteiger partial charge in [-0.05, 0) is 24.8 Å². The molecule has 1 saturated heterocycles. The quantitative estimate of drug-likeness (QED) is 0.799. The van der Waals surface area contributed by atoms with E-state index in [-0.39, 0.29) is 5.91 Å². The maximum atomic E-state index is 12.3. The van der Waals surface area contributed by atoms with Crippen LogP contribution in [0.4, 0.5) is 0 Å². The summed E-state index contributed by atoms with van der Waals surface area (Å²) in [5.74, 6) is 0.709. The lowest BCUT2D eigenvalue weighted by molar-refractivity contribution is 0.0777. The van der Waals surface area contributed by atoms with Crippen molar-refractivity contribution in [2.24, 2.45) is 13.0 Å². The highest BCUT2D eigenvalue weighted by Crippen LogP contribution is 2.20. The highest BCUT2D eigenvalue weighted by atomic mass is 79.9. The van der Waals surface area contributed by atoms with Gasteiger partial charge in [0.15, 0.2) is 0 Å². The van der Waals surface area contributed by atoms with Gasteiger partial charge in [0, 0.05) is 25.5 Å². The second kappa shape index (κ2) is 5.21. The number of carbonyl (C=O) groups is 1. The summed E-state index contributed by atoms with van der Waals surface area (Å²) in [6.07, 6.45) is 1.96. The largest absolute Gasteiger partial charge is 0.337 e. The number of alkyl halides is 1. The first kappa shape index (κ1) is 12.6. The lowest BCUT2D eigenvalue weighted by atomic mass is 10.2. The number of hydrogen-bond acceptors (Lipinski definition) is 2. The van der Waals surface area contributed by atoms with Crippen LogP contribution in [0.5, 0.6) is 0 Å². The van der Waals surface area contributed by atoms with E-state index in [9.17, 15) is 4.79 Å². The summed E-state index contributed by atoms with van der Waals surface area (Å²) < 4.78 is 1.70. The van der Waals surface area contributed by atoms with Crippen LogP contribution in [0, 0.1) is 5.92 Å². The molecule has 0 N–H and O–H groups in total. The molecule has 17 heavy (non-hydrogen) atoms. The molecule has 5 heteroatoms. The standard InChI is InChI=1S/C12H18BrN3O/c1-3-10-6-11(15(2)14-10)12(17)16-5-4-9(7-13)8-16/h6,9H,3-5,7-8H2,1-2H3. The van der Waals surface area contributed by atoms with Crippen LogP contribution >= 0.6 is 15.9 Å². The summed E-state index contributed by atoms with van der Waals surface area (Å²) in [7, 11) is 1.84. The molecular weight excluding hydrogens is 282 g/mol. The van der Waals surface area contributed by atoms with E-state index in [1.807, 2.05) is 24.9 Å². The number of carbonyl (C=O) groups excluding carboxylic acids is 1. The van der Waals surface area contributed by atoms with Crippen LogP contribution in [-0.4, -0.2) is 39.0 Å². The van der Waals surface area contributed by atoms with E-state index >= 15 is 0 Å². The fourth-order valence-corrected chi connectivity index (χ4v) is 2.73. The number of rotatable bonds is 3. The number of likely N-dealkylation sites (tertiary alicyclic amines) is 1. The second-order valence-corrected chi connectivity index (χ2v) is 5.21. The van der Waals surface area contributed by atoms with Gasteiger partial charge in [0.05, 0.1) is 5.69 Å². The fraction of sp³-hybridized carbons (Fsp3) is 0.667. The Kier molecular flexibility index (Phi) is 3.86. The Morgan fingerprint density at radius 3 is 2.94 bits per heavy atom. The van der Waals surface area contributed by atoms with Gasteiger partial charge in [-0.2, -0.15) is 5.10 Å². The molecule has 94 valence electrons. The van der Waals surface area contributed by atoms with E-state index in [1.165, 1.54) is 0 Å². The normalized spacial score (nSPS) is 19.9. The monoisotopic (exact) mass is 299 g/mol. The maximum absolute atomic E-state index is 12.3. The van der Waals surface area contributed by atoms with Crippen molar-refractivity contribution in [1.29, 1.82) is 0 Å². The minimum absolute atomic E-state index is 0.114. The van der Waals surface area contributed by atoms with E-state index < -0.39 is 0 Å². The summed E-state index contributed by atoms with van der Waals surface area (Å²) in [5, 5.41) is 5.30. The number of amides is 1. The molecule has 0 aromatic carbocycles. The van der Waals surface area contributed by atoms with E-state index in [0.717, 1.165) is 37.0 Å². The topological polar surface area (TPSA) is 38.1 Å². The summed E-state index contributed by atoms with van der Waals surface area (Å²) in [4.78, 5) is 14.2. The molecule has 1 aromatic heterocycles. The van der Waals surface area contributed by atoms with Gasteiger partial charge in [-0.1, -0.05) is 22.9 Å². The van der Waals surface area contributed by atoms with E-state index in [0.29, 0.717) is 11.6 Å². The van der Waals surface area contributed by atoms with Crippen LogP contribution in [0.3, 0.4) is 0 Å². The Hall–Kier alpha value is -0.840. The molecule has 1 aromatic rings. The SMILES string of the molecule is CCc1cc(C(=O)N2CCC(CBr)C2)n(C)n1. The molecule has 1 aliphatic rings. The molecule has 2 heterocycles. The van der Waals surface area contributed by atoms with Crippen molar-refractivity contribution >= 4 is 21.8 Å². The van der Waals surface area contributed by atoms with Gasteiger partial charge in [0.1, 0.15) is 5.69 Å². The van der Waals surface area contributed by atoms with Crippen molar-refractivity contribution in [2.45, 2.75) is 19.8 Å². The number of aromatic nitrogens is 2. The molecular formula is C12H18BrN3O. The van der Waals surface area contributed by atoms with Gasteiger partial charge in [0.2, 0.25) is 0 Å². The molecule has 1 atom stereocenters. The average molecular weight is 300 g/mol. The van der Waals surface area contributed by atoms with Crippen LogP contribution in [0.2, 0.25) is 0 Å². The highest BCUT2D eigenvalue weighted by molar-refractivity contribution is 9.09. The Morgan fingerprint density at radius 2 is 2.41 bits per heavy atom. The zero-order chi connectivity index (χ0) is 12.4. The van der Waals surface area contributed by atoms with Crippen LogP contribution in [0.15, 0.2) is 6.07 Å². The summed E-state index contributed by atoms with van der Waals surface area (Å²) in [6.45, 7) is 3.77. The molecule has 0 spiro atoms. The number of aryl methyl sites for hydroxylation is 2. The smallest absolute Gasteiger partial charge is 0.272 e. The summed E-state index contributed by atoms with van der Waals surface area (Å²) >= 11 is 3.48.